The number of hydrogen-bond acceptors (Lipinski definition) is 7. The molecule has 0 bridgehead atoms. The quantitative estimate of drug-likeness (QED) is 0.446. The lowest BCUT2D eigenvalue weighted by Crippen LogP contribution is -1.85. The minimum absolute atomic E-state index is 0.386. The second-order valence-electron chi connectivity index (χ2n) is 5.53. The van der Waals surface area contributed by atoms with Gasteiger partial charge in [-0.3, -0.25) is 0 Å². The van der Waals surface area contributed by atoms with Gasteiger partial charge in [-0.1, -0.05) is 58.3 Å². The van der Waals surface area contributed by atoms with Gasteiger partial charge in [0.15, 0.2) is 5.82 Å². The van der Waals surface area contributed by atoms with Gasteiger partial charge in [-0.25, -0.2) is 0 Å². The number of benzene rings is 2. The Hall–Kier alpha value is -2.64. The molecular weight excluding hydrogens is 372 g/mol. The lowest BCUT2D eigenvalue weighted by atomic mass is 10.1. The molecule has 0 fully saturated rings. The van der Waals surface area contributed by atoms with Gasteiger partial charge in [0.1, 0.15) is 0 Å². The number of halogens is 1. The summed E-state index contributed by atoms with van der Waals surface area (Å²) in [5.74, 6) is 1.85. The van der Waals surface area contributed by atoms with Crippen molar-refractivity contribution in [2.75, 3.05) is 0 Å². The predicted molar refractivity (Wildman–Crippen MR) is 98.8 cm³/mol. The maximum absolute atomic E-state index is 6.15. The van der Waals surface area contributed by atoms with E-state index in [-0.39, 0.29) is 0 Å². The molecule has 4 rings (SSSR count). The Kier molecular flexibility index (Phi) is 4.73. The Morgan fingerprint density at radius 1 is 1.04 bits per heavy atom. The molecule has 0 aliphatic carbocycles. The molecule has 4 aromatic rings. The van der Waals surface area contributed by atoms with Crippen molar-refractivity contribution in [3.63, 3.8) is 0 Å². The van der Waals surface area contributed by atoms with E-state index in [0.29, 0.717) is 39.2 Å². The first-order valence-electron chi connectivity index (χ1n) is 7.80. The van der Waals surface area contributed by atoms with Crippen molar-refractivity contribution in [2.45, 2.75) is 17.9 Å². The molecule has 0 aliphatic heterocycles. The maximum atomic E-state index is 6.15. The van der Waals surface area contributed by atoms with Gasteiger partial charge in [0, 0.05) is 5.56 Å². The highest BCUT2D eigenvalue weighted by Gasteiger charge is 2.14. The zero-order valence-corrected chi connectivity index (χ0v) is 15.3. The highest BCUT2D eigenvalue weighted by molar-refractivity contribution is 7.98. The first-order chi connectivity index (χ1) is 12.7. The van der Waals surface area contributed by atoms with Crippen molar-refractivity contribution < 1.29 is 8.94 Å². The zero-order chi connectivity index (χ0) is 17.9. The van der Waals surface area contributed by atoms with Crippen LogP contribution >= 0.6 is 23.4 Å². The van der Waals surface area contributed by atoms with Crippen LogP contribution in [-0.2, 0) is 5.75 Å². The van der Waals surface area contributed by atoms with Crippen LogP contribution in [0.4, 0.5) is 0 Å². The van der Waals surface area contributed by atoms with Crippen molar-refractivity contribution in [1.82, 2.24) is 20.3 Å². The first kappa shape index (κ1) is 16.8. The molecule has 2 aromatic heterocycles. The van der Waals surface area contributed by atoms with Crippen LogP contribution in [-0.4, -0.2) is 20.3 Å². The number of rotatable bonds is 5. The summed E-state index contributed by atoms with van der Waals surface area (Å²) in [4.78, 5) is 4.36. The van der Waals surface area contributed by atoms with Gasteiger partial charge in [0.25, 0.3) is 11.1 Å². The highest BCUT2D eigenvalue weighted by Crippen LogP contribution is 2.28. The van der Waals surface area contributed by atoms with E-state index in [9.17, 15) is 0 Å². The molecule has 0 N–H and O–H groups in total. The van der Waals surface area contributed by atoms with E-state index in [4.69, 9.17) is 20.5 Å². The fourth-order valence-corrected chi connectivity index (χ4v) is 3.17. The standard InChI is InChI=1S/C18H13ClN4O2S/c1-11-5-4-6-12(9-11)16-21-22-18(24-16)26-10-15-20-17(25-23-15)13-7-2-3-8-14(13)19/h2-9H,10H2,1H3. The van der Waals surface area contributed by atoms with E-state index >= 15 is 0 Å². The second-order valence-corrected chi connectivity index (χ2v) is 6.86. The van der Waals surface area contributed by atoms with Gasteiger partial charge in [-0.05, 0) is 31.2 Å². The zero-order valence-electron chi connectivity index (χ0n) is 13.7. The van der Waals surface area contributed by atoms with Crippen molar-refractivity contribution in [2.24, 2.45) is 0 Å². The molecule has 0 saturated carbocycles. The molecule has 0 atom stereocenters. The normalized spacial score (nSPS) is 11.0. The van der Waals surface area contributed by atoms with Gasteiger partial charge < -0.3 is 8.94 Å². The van der Waals surface area contributed by atoms with Gasteiger partial charge in [0.2, 0.25) is 5.89 Å². The molecule has 0 aliphatic rings. The van der Waals surface area contributed by atoms with Crippen LogP contribution in [0.3, 0.4) is 0 Å². The fourth-order valence-electron chi connectivity index (χ4n) is 2.35. The predicted octanol–water partition coefficient (Wildman–Crippen LogP) is 5.04. The lowest BCUT2D eigenvalue weighted by Gasteiger charge is -1.96. The summed E-state index contributed by atoms with van der Waals surface area (Å²) in [5, 5.41) is 13.1. The Balaban J connectivity index is 1.45. The first-order valence-corrected chi connectivity index (χ1v) is 9.16. The van der Waals surface area contributed by atoms with Crippen LogP contribution in [0, 0.1) is 6.92 Å². The number of aryl methyl sites for hydroxylation is 1. The summed E-state index contributed by atoms with van der Waals surface area (Å²) in [5.41, 5.74) is 2.73. The van der Waals surface area contributed by atoms with Gasteiger partial charge in [-0.15, -0.1) is 10.2 Å². The van der Waals surface area contributed by atoms with Crippen LogP contribution in [0.25, 0.3) is 22.9 Å². The smallest absolute Gasteiger partial charge is 0.277 e. The summed E-state index contributed by atoms with van der Waals surface area (Å²) in [6, 6.07) is 15.2. The molecule has 0 unspecified atom stereocenters. The van der Waals surface area contributed by atoms with Gasteiger partial charge in [-0.2, -0.15) is 4.98 Å². The van der Waals surface area contributed by atoms with Gasteiger partial charge >= 0.3 is 0 Å². The highest BCUT2D eigenvalue weighted by atomic mass is 35.5. The number of nitrogens with zero attached hydrogens (tertiary/aromatic N) is 4. The summed E-state index contributed by atoms with van der Waals surface area (Å²) >= 11 is 7.49. The van der Waals surface area contributed by atoms with Crippen LogP contribution in [0.5, 0.6) is 0 Å². The summed E-state index contributed by atoms with van der Waals surface area (Å²) in [7, 11) is 0. The van der Waals surface area contributed by atoms with Crippen molar-refractivity contribution in [3.8, 4) is 22.9 Å². The van der Waals surface area contributed by atoms with E-state index < -0.39 is 0 Å². The van der Waals surface area contributed by atoms with Crippen LogP contribution in [0.2, 0.25) is 5.02 Å². The average molecular weight is 385 g/mol. The molecule has 26 heavy (non-hydrogen) atoms. The van der Waals surface area contributed by atoms with Crippen molar-refractivity contribution in [3.05, 3.63) is 64.9 Å². The van der Waals surface area contributed by atoms with Crippen molar-refractivity contribution >= 4 is 23.4 Å². The average Bonchev–Trinajstić information content (AvgIpc) is 3.30. The van der Waals surface area contributed by atoms with Crippen LogP contribution < -0.4 is 0 Å². The maximum Gasteiger partial charge on any atom is 0.277 e. The number of hydrogen-bond donors (Lipinski definition) is 0. The van der Waals surface area contributed by atoms with E-state index in [1.165, 1.54) is 11.8 Å². The van der Waals surface area contributed by atoms with E-state index in [1.54, 1.807) is 6.07 Å². The lowest BCUT2D eigenvalue weighted by molar-refractivity contribution is 0.425. The Morgan fingerprint density at radius 2 is 1.92 bits per heavy atom. The SMILES string of the molecule is Cc1cccc(-c2nnc(SCc3noc(-c4ccccc4Cl)n3)o2)c1. The Labute approximate surface area is 158 Å². The molecule has 2 heterocycles. The Bertz CT molecular complexity index is 1050. The topological polar surface area (TPSA) is 77.8 Å². The number of aromatic nitrogens is 4. The molecule has 0 saturated heterocycles. The molecule has 0 spiro atoms. The van der Waals surface area contributed by atoms with E-state index in [1.807, 2.05) is 49.4 Å². The molecule has 0 amide bonds. The molecule has 0 radical (unpaired) electrons. The number of thioether (sulfide) groups is 1. The van der Waals surface area contributed by atoms with E-state index in [2.05, 4.69) is 20.3 Å². The fraction of sp³-hybridized carbons (Fsp3) is 0.111. The summed E-state index contributed by atoms with van der Waals surface area (Å²) in [6.45, 7) is 2.02. The van der Waals surface area contributed by atoms with Crippen LogP contribution in [0.1, 0.15) is 11.4 Å². The van der Waals surface area contributed by atoms with Crippen molar-refractivity contribution in [1.29, 1.82) is 0 Å². The molecule has 6 nitrogen and oxygen atoms in total. The minimum Gasteiger partial charge on any atom is -0.411 e. The van der Waals surface area contributed by atoms with E-state index in [0.717, 1.165) is 11.1 Å². The largest absolute Gasteiger partial charge is 0.411 e. The molecule has 2 aromatic carbocycles. The molecular formula is C18H13ClN4O2S. The van der Waals surface area contributed by atoms with Gasteiger partial charge in [0.05, 0.1) is 16.3 Å². The third-order valence-electron chi connectivity index (χ3n) is 3.57. The summed E-state index contributed by atoms with van der Waals surface area (Å²) in [6.07, 6.45) is 0. The summed E-state index contributed by atoms with van der Waals surface area (Å²) < 4.78 is 11.0. The monoisotopic (exact) mass is 384 g/mol. The third-order valence-corrected chi connectivity index (χ3v) is 4.71. The third kappa shape index (κ3) is 3.63. The van der Waals surface area contributed by atoms with Crippen LogP contribution in [0.15, 0.2) is 62.7 Å². The minimum atomic E-state index is 0.386. The molecule has 130 valence electrons. The Morgan fingerprint density at radius 3 is 2.77 bits per heavy atom. The second kappa shape index (κ2) is 7.31. The molecule has 8 heteroatoms.